The van der Waals surface area contributed by atoms with E-state index in [4.69, 9.17) is 5.73 Å². The molecule has 0 radical (unpaired) electrons. The number of benzene rings is 1. The van der Waals surface area contributed by atoms with Crippen molar-refractivity contribution in [3.8, 4) is 0 Å². The molecule has 2 rings (SSSR count). The lowest BCUT2D eigenvalue weighted by Crippen LogP contribution is -2.48. The van der Waals surface area contributed by atoms with E-state index in [1.54, 1.807) is 0 Å². The number of carbonyl (C=O) groups is 1. The van der Waals surface area contributed by atoms with Crippen LogP contribution in [0.4, 0.5) is 0 Å². The second-order valence-electron chi connectivity index (χ2n) is 5.96. The Morgan fingerprint density at radius 3 is 2.70 bits per heavy atom. The molecule has 1 fully saturated rings. The summed E-state index contributed by atoms with van der Waals surface area (Å²) in [6, 6.07) is 10.3. The van der Waals surface area contributed by atoms with E-state index in [2.05, 4.69) is 26.0 Å². The van der Waals surface area contributed by atoms with Crippen molar-refractivity contribution >= 4 is 5.91 Å². The Kier molecular flexibility index (Phi) is 5.18. The van der Waals surface area contributed by atoms with Crippen molar-refractivity contribution in [2.45, 2.75) is 45.1 Å². The molecule has 1 aliphatic rings. The van der Waals surface area contributed by atoms with E-state index in [0.717, 1.165) is 31.4 Å². The van der Waals surface area contributed by atoms with Crippen LogP contribution in [0.5, 0.6) is 0 Å². The summed E-state index contributed by atoms with van der Waals surface area (Å²) in [7, 11) is 0. The second-order valence-corrected chi connectivity index (χ2v) is 5.96. The van der Waals surface area contributed by atoms with Gasteiger partial charge in [-0.25, -0.2) is 0 Å². The third-order valence-corrected chi connectivity index (χ3v) is 4.41. The highest BCUT2D eigenvalue weighted by Crippen LogP contribution is 2.29. The van der Waals surface area contributed by atoms with Gasteiger partial charge in [0.1, 0.15) is 0 Å². The molecule has 3 nitrogen and oxygen atoms in total. The van der Waals surface area contributed by atoms with E-state index in [-0.39, 0.29) is 17.9 Å². The first kappa shape index (κ1) is 15.0. The normalized spacial score (nSPS) is 22.4. The predicted molar refractivity (Wildman–Crippen MR) is 82.4 cm³/mol. The van der Waals surface area contributed by atoms with Gasteiger partial charge in [-0.05, 0) is 24.3 Å². The minimum absolute atomic E-state index is 0.0356. The van der Waals surface area contributed by atoms with Crippen LogP contribution in [0.15, 0.2) is 30.3 Å². The molecule has 1 heterocycles. The minimum Gasteiger partial charge on any atom is -0.341 e. The summed E-state index contributed by atoms with van der Waals surface area (Å²) in [5.41, 5.74) is 7.15. The molecule has 3 unspecified atom stereocenters. The summed E-state index contributed by atoms with van der Waals surface area (Å²) in [5.74, 6) is 0.565. The molecule has 3 atom stereocenters. The largest absolute Gasteiger partial charge is 0.341 e. The number of rotatable bonds is 4. The lowest BCUT2D eigenvalue weighted by Gasteiger charge is -2.35. The zero-order valence-corrected chi connectivity index (χ0v) is 12.6. The molecular weight excluding hydrogens is 248 g/mol. The highest BCUT2D eigenvalue weighted by Gasteiger charge is 2.31. The third-order valence-electron chi connectivity index (χ3n) is 4.41. The molecule has 1 aromatic carbocycles. The fourth-order valence-corrected chi connectivity index (χ4v) is 3.02. The smallest absolute Gasteiger partial charge is 0.230 e. The van der Waals surface area contributed by atoms with Crippen LogP contribution in [-0.4, -0.2) is 29.9 Å². The molecule has 0 aromatic heterocycles. The number of piperidine rings is 1. The average Bonchev–Trinajstić information content (AvgIpc) is 2.48. The molecule has 1 aliphatic heterocycles. The van der Waals surface area contributed by atoms with Crippen molar-refractivity contribution in [1.82, 2.24) is 4.90 Å². The van der Waals surface area contributed by atoms with E-state index < -0.39 is 0 Å². The standard InChI is InChI=1S/C17H26N2O/c1-3-13(2)16(14-8-5-4-6-9-14)17(20)19-11-7-10-15(18)12-19/h4-6,8-9,13,15-16H,3,7,10-12,18H2,1-2H3. The molecule has 1 saturated heterocycles. The first-order valence-electron chi connectivity index (χ1n) is 7.72. The molecule has 0 bridgehead atoms. The van der Waals surface area contributed by atoms with Gasteiger partial charge in [-0.15, -0.1) is 0 Å². The van der Waals surface area contributed by atoms with Crippen molar-refractivity contribution in [2.75, 3.05) is 13.1 Å². The van der Waals surface area contributed by atoms with Gasteiger partial charge in [-0.3, -0.25) is 4.79 Å². The Morgan fingerprint density at radius 1 is 1.40 bits per heavy atom. The maximum absolute atomic E-state index is 12.9. The first-order valence-corrected chi connectivity index (χ1v) is 7.72. The van der Waals surface area contributed by atoms with Crippen LogP contribution in [0, 0.1) is 5.92 Å². The molecule has 110 valence electrons. The highest BCUT2D eigenvalue weighted by molar-refractivity contribution is 5.84. The van der Waals surface area contributed by atoms with Gasteiger partial charge in [-0.2, -0.15) is 0 Å². The fourth-order valence-electron chi connectivity index (χ4n) is 3.02. The zero-order valence-electron chi connectivity index (χ0n) is 12.6. The Hall–Kier alpha value is -1.35. The number of hydrogen-bond donors (Lipinski definition) is 1. The summed E-state index contributed by atoms with van der Waals surface area (Å²) < 4.78 is 0. The van der Waals surface area contributed by atoms with Crippen LogP contribution in [0.25, 0.3) is 0 Å². The van der Waals surface area contributed by atoms with E-state index in [1.165, 1.54) is 0 Å². The maximum atomic E-state index is 12.9. The Balaban J connectivity index is 2.20. The Bertz CT molecular complexity index is 432. The fraction of sp³-hybridized carbons (Fsp3) is 0.588. The number of amides is 1. The molecule has 1 amide bonds. The molecule has 0 saturated carbocycles. The van der Waals surface area contributed by atoms with Crippen molar-refractivity contribution in [1.29, 1.82) is 0 Å². The van der Waals surface area contributed by atoms with Gasteiger partial charge in [0.2, 0.25) is 5.91 Å². The number of carbonyl (C=O) groups excluding carboxylic acids is 1. The van der Waals surface area contributed by atoms with Gasteiger partial charge in [0, 0.05) is 19.1 Å². The highest BCUT2D eigenvalue weighted by atomic mass is 16.2. The molecule has 2 N–H and O–H groups in total. The third kappa shape index (κ3) is 3.40. The molecule has 0 aliphatic carbocycles. The lowest BCUT2D eigenvalue weighted by molar-refractivity contribution is -0.135. The van der Waals surface area contributed by atoms with Crippen LogP contribution in [-0.2, 0) is 4.79 Å². The van der Waals surface area contributed by atoms with Crippen molar-refractivity contribution < 1.29 is 4.79 Å². The van der Waals surface area contributed by atoms with E-state index in [1.807, 2.05) is 23.1 Å². The zero-order chi connectivity index (χ0) is 14.5. The monoisotopic (exact) mass is 274 g/mol. The van der Waals surface area contributed by atoms with Crippen LogP contribution in [0.3, 0.4) is 0 Å². The van der Waals surface area contributed by atoms with Crippen molar-refractivity contribution in [3.05, 3.63) is 35.9 Å². The van der Waals surface area contributed by atoms with Gasteiger partial charge in [0.25, 0.3) is 0 Å². The van der Waals surface area contributed by atoms with Gasteiger partial charge >= 0.3 is 0 Å². The second kappa shape index (κ2) is 6.89. The van der Waals surface area contributed by atoms with Crippen molar-refractivity contribution in [2.24, 2.45) is 11.7 Å². The lowest BCUT2D eigenvalue weighted by atomic mass is 9.84. The topological polar surface area (TPSA) is 46.3 Å². The van der Waals surface area contributed by atoms with Crippen LogP contribution in [0.1, 0.15) is 44.6 Å². The minimum atomic E-state index is -0.0356. The number of nitrogens with zero attached hydrogens (tertiary/aromatic N) is 1. The number of likely N-dealkylation sites (tertiary alicyclic amines) is 1. The van der Waals surface area contributed by atoms with Crippen LogP contribution < -0.4 is 5.73 Å². The summed E-state index contributed by atoms with van der Waals surface area (Å²) in [4.78, 5) is 14.9. The van der Waals surface area contributed by atoms with Gasteiger partial charge in [0.15, 0.2) is 0 Å². The summed E-state index contributed by atoms with van der Waals surface area (Å²) >= 11 is 0. The predicted octanol–water partition coefficient (Wildman–Crippen LogP) is 2.77. The molecule has 20 heavy (non-hydrogen) atoms. The molecule has 3 heteroatoms. The molecule has 0 spiro atoms. The molecular formula is C17H26N2O. The van der Waals surface area contributed by atoms with E-state index >= 15 is 0 Å². The quantitative estimate of drug-likeness (QED) is 0.917. The molecule has 1 aromatic rings. The van der Waals surface area contributed by atoms with Gasteiger partial charge < -0.3 is 10.6 Å². The summed E-state index contributed by atoms with van der Waals surface area (Å²) in [6.45, 7) is 5.88. The SMILES string of the molecule is CCC(C)C(C(=O)N1CCCC(N)C1)c1ccccc1. The van der Waals surface area contributed by atoms with Gasteiger partial charge in [-0.1, -0.05) is 50.6 Å². The Labute approximate surface area is 122 Å². The maximum Gasteiger partial charge on any atom is 0.230 e. The van der Waals surface area contributed by atoms with E-state index in [0.29, 0.717) is 12.5 Å². The van der Waals surface area contributed by atoms with Gasteiger partial charge in [0.05, 0.1) is 5.92 Å². The number of nitrogens with two attached hydrogens (primary N) is 1. The van der Waals surface area contributed by atoms with Crippen LogP contribution >= 0.6 is 0 Å². The van der Waals surface area contributed by atoms with E-state index in [9.17, 15) is 4.79 Å². The Morgan fingerprint density at radius 2 is 2.10 bits per heavy atom. The summed E-state index contributed by atoms with van der Waals surface area (Å²) in [5, 5.41) is 0. The first-order chi connectivity index (χ1) is 9.63. The summed E-state index contributed by atoms with van der Waals surface area (Å²) in [6.07, 6.45) is 3.06. The number of hydrogen-bond acceptors (Lipinski definition) is 2. The average molecular weight is 274 g/mol. The van der Waals surface area contributed by atoms with Crippen molar-refractivity contribution in [3.63, 3.8) is 0 Å². The van der Waals surface area contributed by atoms with Crippen LogP contribution in [0.2, 0.25) is 0 Å².